The number of nitrogens with one attached hydrogen (secondary N) is 1. The van der Waals surface area contributed by atoms with E-state index in [1.807, 2.05) is 27.8 Å². The van der Waals surface area contributed by atoms with E-state index in [2.05, 4.69) is 46.4 Å². The highest BCUT2D eigenvalue weighted by Gasteiger charge is 2.19. The molecule has 0 fully saturated rings. The summed E-state index contributed by atoms with van der Waals surface area (Å²) in [5.74, 6) is 1.45. The summed E-state index contributed by atoms with van der Waals surface area (Å²) in [6.07, 6.45) is 0. The lowest BCUT2D eigenvalue weighted by atomic mass is 10.1. The molecule has 1 rings (SSSR count). The summed E-state index contributed by atoms with van der Waals surface area (Å²) < 4.78 is 11.9. The third-order valence-corrected chi connectivity index (χ3v) is 5.31. The number of nitrogens with zero attached hydrogens (tertiary/aromatic N) is 2. The summed E-state index contributed by atoms with van der Waals surface area (Å²) in [6, 6.07) is 8.50. The van der Waals surface area contributed by atoms with Crippen LogP contribution in [0.15, 0.2) is 29.3 Å². The zero-order valence-electron chi connectivity index (χ0n) is 15.0. The fraction of sp³-hybridized carbons (Fsp3) is 0.588. The first-order chi connectivity index (χ1) is 10.2. The van der Waals surface area contributed by atoms with E-state index in [0.29, 0.717) is 12.3 Å². The molecule has 0 radical (unpaired) electrons. The van der Waals surface area contributed by atoms with Crippen LogP contribution in [-0.4, -0.2) is 46.2 Å². The molecule has 0 aliphatic rings. The highest BCUT2D eigenvalue weighted by molar-refractivity contribution is 14.0. The van der Waals surface area contributed by atoms with Gasteiger partial charge in [-0.1, -0.05) is 29.8 Å². The molecule has 1 aromatic rings. The van der Waals surface area contributed by atoms with E-state index in [1.54, 1.807) is 7.05 Å². The molecule has 0 bridgehead atoms. The van der Waals surface area contributed by atoms with Gasteiger partial charge in [-0.2, -0.15) is 0 Å². The third-order valence-electron chi connectivity index (χ3n) is 3.37. The number of rotatable bonds is 5. The smallest absolute Gasteiger partial charge is 0.193 e. The normalized spacial score (nSPS) is 13.2. The van der Waals surface area contributed by atoms with Crippen LogP contribution in [0.3, 0.4) is 0 Å². The zero-order valence-corrected chi connectivity index (χ0v) is 18.2. The first-order valence-electron chi connectivity index (χ1n) is 7.60. The van der Waals surface area contributed by atoms with Gasteiger partial charge in [0.05, 0.1) is 0 Å². The van der Waals surface area contributed by atoms with Crippen molar-refractivity contribution in [1.29, 1.82) is 0 Å². The van der Waals surface area contributed by atoms with Crippen molar-refractivity contribution in [3.05, 3.63) is 35.4 Å². The van der Waals surface area contributed by atoms with Crippen molar-refractivity contribution < 1.29 is 4.21 Å². The Labute approximate surface area is 160 Å². The van der Waals surface area contributed by atoms with Gasteiger partial charge in [0.1, 0.15) is 0 Å². The van der Waals surface area contributed by atoms with Gasteiger partial charge in [0.25, 0.3) is 0 Å². The molecule has 0 amide bonds. The van der Waals surface area contributed by atoms with Gasteiger partial charge in [0.2, 0.25) is 0 Å². The largest absolute Gasteiger partial charge is 0.355 e. The fourth-order valence-electron chi connectivity index (χ4n) is 1.99. The molecule has 0 heterocycles. The Bertz CT molecular complexity index is 524. The summed E-state index contributed by atoms with van der Waals surface area (Å²) in [6.45, 7) is 9.55. The molecular formula is C17H30IN3OS. The molecule has 0 saturated carbocycles. The van der Waals surface area contributed by atoms with Crippen LogP contribution in [0.5, 0.6) is 0 Å². The molecule has 1 unspecified atom stereocenters. The van der Waals surface area contributed by atoms with Crippen LogP contribution < -0.4 is 5.32 Å². The standard InChI is InChI=1S/C17H29N3OS.HI/c1-14-7-9-15(10-8-14)13-20(6)16(18-5)19-11-12-22(21)17(2,3)4;/h7-10H,11-13H2,1-6H3,(H,18,19);1H. The maximum atomic E-state index is 12.0. The molecular weight excluding hydrogens is 421 g/mol. The Morgan fingerprint density at radius 3 is 2.30 bits per heavy atom. The van der Waals surface area contributed by atoms with E-state index in [1.165, 1.54) is 11.1 Å². The molecule has 23 heavy (non-hydrogen) atoms. The van der Waals surface area contributed by atoms with Crippen LogP contribution in [0.2, 0.25) is 0 Å². The van der Waals surface area contributed by atoms with Crippen LogP contribution in [-0.2, 0) is 17.3 Å². The summed E-state index contributed by atoms with van der Waals surface area (Å²) in [4.78, 5) is 6.37. The number of hydrogen-bond acceptors (Lipinski definition) is 2. The van der Waals surface area contributed by atoms with E-state index >= 15 is 0 Å². The lowest BCUT2D eigenvalue weighted by Gasteiger charge is -2.23. The number of aliphatic imine (C=N–C) groups is 1. The molecule has 1 N–H and O–H groups in total. The minimum absolute atomic E-state index is 0. The second-order valence-corrected chi connectivity index (χ2v) is 8.80. The molecule has 6 heteroatoms. The topological polar surface area (TPSA) is 44.7 Å². The highest BCUT2D eigenvalue weighted by atomic mass is 127. The van der Waals surface area contributed by atoms with Crippen LogP contribution in [0.4, 0.5) is 0 Å². The molecule has 0 aliphatic carbocycles. The van der Waals surface area contributed by atoms with Gasteiger partial charge in [-0.15, -0.1) is 24.0 Å². The Morgan fingerprint density at radius 2 is 1.83 bits per heavy atom. The van der Waals surface area contributed by atoms with Gasteiger partial charge in [0.15, 0.2) is 5.96 Å². The van der Waals surface area contributed by atoms with E-state index < -0.39 is 10.8 Å². The zero-order chi connectivity index (χ0) is 16.8. The van der Waals surface area contributed by atoms with Crippen molar-refractivity contribution in [1.82, 2.24) is 10.2 Å². The Kier molecular flexibility index (Phi) is 10.00. The fourth-order valence-corrected chi connectivity index (χ4v) is 2.89. The van der Waals surface area contributed by atoms with E-state index in [-0.39, 0.29) is 28.7 Å². The van der Waals surface area contributed by atoms with Crippen molar-refractivity contribution in [2.45, 2.75) is 39.0 Å². The number of halogens is 1. The number of hydrogen-bond donors (Lipinski definition) is 1. The molecule has 132 valence electrons. The van der Waals surface area contributed by atoms with Gasteiger partial charge in [-0.25, -0.2) is 0 Å². The first-order valence-corrected chi connectivity index (χ1v) is 8.91. The molecule has 1 aromatic carbocycles. The second-order valence-electron chi connectivity index (χ2n) is 6.48. The summed E-state index contributed by atoms with van der Waals surface area (Å²) in [5.41, 5.74) is 2.51. The number of guanidine groups is 1. The molecule has 1 atom stereocenters. The van der Waals surface area contributed by atoms with Gasteiger partial charge >= 0.3 is 0 Å². The molecule has 0 spiro atoms. The van der Waals surface area contributed by atoms with Crippen molar-refractivity contribution >= 4 is 40.7 Å². The van der Waals surface area contributed by atoms with Crippen molar-refractivity contribution in [3.63, 3.8) is 0 Å². The highest BCUT2D eigenvalue weighted by Crippen LogP contribution is 2.10. The lowest BCUT2D eigenvalue weighted by molar-refractivity contribution is 0.479. The van der Waals surface area contributed by atoms with Crippen molar-refractivity contribution in [2.24, 2.45) is 4.99 Å². The van der Waals surface area contributed by atoms with Crippen LogP contribution in [0.1, 0.15) is 31.9 Å². The van der Waals surface area contributed by atoms with E-state index in [9.17, 15) is 4.21 Å². The summed E-state index contributed by atoms with van der Waals surface area (Å²) >= 11 is 0. The third kappa shape index (κ3) is 8.15. The van der Waals surface area contributed by atoms with Crippen molar-refractivity contribution in [2.75, 3.05) is 26.4 Å². The summed E-state index contributed by atoms with van der Waals surface area (Å²) in [5, 5.41) is 3.29. The van der Waals surface area contributed by atoms with Gasteiger partial charge in [0, 0.05) is 48.5 Å². The van der Waals surface area contributed by atoms with Gasteiger partial charge < -0.3 is 10.2 Å². The minimum atomic E-state index is -0.846. The molecule has 0 aromatic heterocycles. The van der Waals surface area contributed by atoms with Crippen LogP contribution in [0, 0.1) is 6.92 Å². The van der Waals surface area contributed by atoms with Crippen LogP contribution in [0.25, 0.3) is 0 Å². The second kappa shape index (κ2) is 10.3. The van der Waals surface area contributed by atoms with Gasteiger partial charge in [-0.3, -0.25) is 9.20 Å². The molecule has 0 aliphatic heterocycles. The average Bonchev–Trinajstić information content (AvgIpc) is 2.44. The average molecular weight is 451 g/mol. The Balaban J connectivity index is 0.00000484. The van der Waals surface area contributed by atoms with Gasteiger partial charge in [-0.05, 0) is 33.3 Å². The predicted molar refractivity (Wildman–Crippen MR) is 112 cm³/mol. The van der Waals surface area contributed by atoms with Crippen molar-refractivity contribution in [3.8, 4) is 0 Å². The molecule has 4 nitrogen and oxygen atoms in total. The maximum absolute atomic E-state index is 12.0. The van der Waals surface area contributed by atoms with E-state index in [4.69, 9.17) is 0 Å². The lowest BCUT2D eigenvalue weighted by Crippen LogP contribution is -2.41. The quantitative estimate of drug-likeness (QED) is 0.425. The van der Waals surface area contributed by atoms with Crippen LogP contribution >= 0.6 is 24.0 Å². The Hall–Kier alpha value is -0.630. The maximum Gasteiger partial charge on any atom is 0.193 e. The number of aryl methyl sites for hydroxylation is 1. The first kappa shape index (κ1) is 22.4. The monoisotopic (exact) mass is 451 g/mol. The SMILES string of the molecule is CN=C(NCCS(=O)C(C)(C)C)N(C)Cc1ccc(C)cc1.I. The summed E-state index contributed by atoms with van der Waals surface area (Å²) in [7, 11) is 2.94. The Morgan fingerprint density at radius 1 is 1.26 bits per heavy atom. The number of benzene rings is 1. The molecule has 0 saturated heterocycles. The minimum Gasteiger partial charge on any atom is -0.355 e. The van der Waals surface area contributed by atoms with E-state index in [0.717, 1.165) is 12.5 Å². The predicted octanol–water partition coefficient (Wildman–Crippen LogP) is 3.17.